The summed E-state index contributed by atoms with van der Waals surface area (Å²) in [5.74, 6) is 1.07. The molecule has 0 bridgehead atoms. The molecular formula is C19H15BrTi. The molecule has 0 N–H and O–H groups in total. The molecule has 2 atom stereocenters. The van der Waals surface area contributed by atoms with Crippen LogP contribution in [0.15, 0.2) is 60.7 Å². The molecule has 0 heterocycles. The van der Waals surface area contributed by atoms with Crippen molar-refractivity contribution in [3.8, 4) is 0 Å². The topological polar surface area (TPSA) is 0 Å². The Hall–Kier alpha value is -0.886. The van der Waals surface area contributed by atoms with E-state index in [-0.39, 0.29) is 17.0 Å². The van der Waals surface area contributed by atoms with Crippen molar-refractivity contribution in [1.29, 1.82) is 0 Å². The first-order chi connectivity index (χ1) is 9.84. The molecule has 0 saturated carbocycles. The van der Waals surface area contributed by atoms with E-state index in [2.05, 4.69) is 93.3 Å². The average molecular weight is 371 g/mol. The molecule has 2 aromatic carbocycles. The monoisotopic (exact) mass is 370 g/mol. The second kappa shape index (κ2) is 6.08. The molecule has 2 aliphatic carbocycles. The van der Waals surface area contributed by atoms with Crippen molar-refractivity contribution in [3.63, 3.8) is 0 Å². The van der Waals surface area contributed by atoms with Crippen molar-refractivity contribution >= 4 is 12.2 Å². The number of fused-ring (bicyclic) bond motifs is 2. The molecule has 2 heteroatoms. The van der Waals surface area contributed by atoms with Crippen LogP contribution in [-0.4, -0.2) is 0 Å². The third-order valence-electron chi connectivity index (χ3n) is 4.45. The Labute approximate surface area is 148 Å². The zero-order valence-electron chi connectivity index (χ0n) is 11.5. The SMILES string of the molecule is [Br-].[Ti+][CH](C1C=Cc2ccccc21)C1C=Cc2ccccc21. The number of halogens is 1. The maximum absolute atomic E-state index is 2.38. The molecule has 0 radical (unpaired) electrons. The molecule has 0 nitrogen and oxygen atoms in total. The second-order valence-electron chi connectivity index (χ2n) is 5.55. The van der Waals surface area contributed by atoms with Crippen LogP contribution in [0.4, 0.5) is 0 Å². The summed E-state index contributed by atoms with van der Waals surface area (Å²) in [6.07, 6.45) is 9.32. The third-order valence-corrected chi connectivity index (χ3v) is 5.57. The molecule has 102 valence electrons. The van der Waals surface area contributed by atoms with Crippen molar-refractivity contribution in [2.75, 3.05) is 0 Å². The van der Waals surface area contributed by atoms with Crippen LogP contribution >= 0.6 is 0 Å². The van der Waals surface area contributed by atoms with Gasteiger partial charge < -0.3 is 17.0 Å². The van der Waals surface area contributed by atoms with Crippen molar-refractivity contribution < 1.29 is 37.4 Å². The summed E-state index contributed by atoms with van der Waals surface area (Å²) in [6, 6.07) is 17.6. The molecule has 4 rings (SSSR count). The van der Waals surface area contributed by atoms with Gasteiger partial charge in [0.2, 0.25) is 0 Å². The Morgan fingerprint density at radius 1 is 0.714 bits per heavy atom. The summed E-state index contributed by atoms with van der Waals surface area (Å²) in [6.45, 7) is 0. The summed E-state index contributed by atoms with van der Waals surface area (Å²) >= 11 is 2.38. The molecule has 0 aromatic heterocycles. The zero-order valence-corrected chi connectivity index (χ0v) is 14.7. The van der Waals surface area contributed by atoms with Crippen molar-refractivity contribution in [3.05, 3.63) is 82.9 Å². The molecule has 2 aromatic rings. The summed E-state index contributed by atoms with van der Waals surface area (Å²) in [7, 11) is 0. The van der Waals surface area contributed by atoms with E-state index in [1.165, 1.54) is 22.3 Å². The van der Waals surface area contributed by atoms with Crippen molar-refractivity contribution in [2.45, 2.75) is 16.1 Å². The fourth-order valence-corrected chi connectivity index (χ4v) is 4.31. The van der Waals surface area contributed by atoms with Gasteiger partial charge in [-0.05, 0) is 0 Å². The predicted octanol–water partition coefficient (Wildman–Crippen LogP) is 1.95. The summed E-state index contributed by atoms with van der Waals surface area (Å²) in [4.78, 5) is 0. The molecule has 0 amide bonds. The van der Waals surface area contributed by atoms with Gasteiger partial charge in [0, 0.05) is 0 Å². The van der Waals surface area contributed by atoms with Crippen LogP contribution in [0.3, 0.4) is 0 Å². The summed E-state index contributed by atoms with van der Waals surface area (Å²) in [5, 5.41) is 0. The molecule has 0 fully saturated rings. The van der Waals surface area contributed by atoms with E-state index in [0.29, 0.717) is 16.1 Å². The molecule has 0 aliphatic heterocycles. The van der Waals surface area contributed by atoms with E-state index in [4.69, 9.17) is 0 Å². The Morgan fingerprint density at radius 2 is 1.14 bits per heavy atom. The molecule has 0 spiro atoms. The van der Waals surface area contributed by atoms with Crippen LogP contribution in [0.25, 0.3) is 12.2 Å². The van der Waals surface area contributed by atoms with E-state index in [0.717, 1.165) is 0 Å². The second-order valence-corrected chi connectivity index (χ2v) is 6.59. The van der Waals surface area contributed by atoms with Gasteiger partial charge in [-0.25, -0.2) is 0 Å². The van der Waals surface area contributed by atoms with Crippen LogP contribution < -0.4 is 17.0 Å². The van der Waals surface area contributed by atoms with Crippen LogP contribution in [-0.2, 0) is 20.4 Å². The van der Waals surface area contributed by atoms with Crippen LogP contribution in [0.1, 0.15) is 34.1 Å². The fourth-order valence-electron chi connectivity index (χ4n) is 3.40. The van der Waals surface area contributed by atoms with Gasteiger partial charge in [0.1, 0.15) is 0 Å². The number of rotatable bonds is 2. The van der Waals surface area contributed by atoms with Crippen molar-refractivity contribution in [2.24, 2.45) is 0 Å². The van der Waals surface area contributed by atoms with E-state index in [9.17, 15) is 0 Å². The zero-order chi connectivity index (χ0) is 13.5. The van der Waals surface area contributed by atoms with E-state index < -0.39 is 0 Å². The molecule has 2 aliphatic rings. The third kappa shape index (κ3) is 2.52. The predicted molar refractivity (Wildman–Crippen MR) is 80.2 cm³/mol. The Kier molecular flexibility index (Phi) is 4.35. The van der Waals surface area contributed by atoms with Gasteiger partial charge in [-0.3, -0.25) is 0 Å². The number of allylic oxidation sites excluding steroid dienone is 2. The van der Waals surface area contributed by atoms with E-state index >= 15 is 0 Å². The normalized spacial score (nSPS) is 22.4. The number of benzene rings is 2. The van der Waals surface area contributed by atoms with Gasteiger partial charge in [0.05, 0.1) is 0 Å². The number of hydrogen-bond acceptors (Lipinski definition) is 0. The molecule has 0 saturated heterocycles. The first-order valence-electron chi connectivity index (χ1n) is 7.10. The van der Waals surface area contributed by atoms with Gasteiger partial charge in [-0.15, -0.1) is 0 Å². The standard InChI is InChI=1S/C19H15.BrH.Ti/c1-3-7-18-14(5-1)9-11-16(18)13-17-12-10-15-6-2-4-8-19(15)17;;/h1-13,16-17H;1H;/q;;+1/p-1. The maximum atomic E-state index is 2.38. The molecule has 2 unspecified atom stereocenters. The fraction of sp³-hybridized carbons (Fsp3) is 0.158. The van der Waals surface area contributed by atoms with Crippen LogP contribution in [0, 0.1) is 0 Å². The summed E-state index contributed by atoms with van der Waals surface area (Å²) < 4.78 is 0.592. The Balaban J connectivity index is 0.00000132. The van der Waals surface area contributed by atoms with Gasteiger partial charge in [-0.2, -0.15) is 0 Å². The average Bonchev–Trinajstić information content (AvgIpc) is 3.11. The quantitative estimate of drug-likeness (QED) is 0.709. The Morgan fingerprint density at radius 3 is 1.62 bits per heavy atom. The van der Waals surface area contributed by atoms with Crippen molar-refractivity contribution in [1.82, 2.24) is 0 Å². The Bertz CT molecular complexity index is 656. The van der Waals surface area contributed by atoms with Crippen LogP contribution in [0.2, 0.25) is 4.22 Å². The minimum atomic E-state index is 0. The van der Waals surface area contributed by atoms with E-state index in [1.54, 1.807) is 0 Å². The number of hydrogen-bond donors (Lipinski definition) is 0. The molecular weight excluding hydrogens is 356 g/mol. The first kappa shape index (κ1) is 15.0. The van der Waals surface area contributed by atoms with E-state index in [1.807, 2.05) is 0 Å². The van der Waals surface area contributed by atoms with Crippen LogP contribution in [0.5, 0.6) is 0 Å². The summed E-state index contributed by atoms with van der Waals surface area (Å²) in [5.41, 5.74) is 5.75. The first-order valence-corrected chi connectivity index (χ1v) is 8.00. The molecule has 21 heavy (non-hydrogen) atoms. The van der Waals surface area contributed by atoms with Gasteiger partial charge in [0.15, 0.2) is 0 Å². The van der Waals surface area contributed by atoms with Gasteiger partial charge in [-0.1, -0.05) is 0 Å². The minimum absolute atomic E-state index is 0. The van der Waals surface area contributed by atoms with Gasteiger partial charge in [0.25, 0.3) is 0 Å². The van der Waals surface area contributed by atoms with Gasteiger partial charge >= 0.3 is 132 Å².